The van der Waals surface area contributed by atoms with Gasteiger partial charge in [-0.2, -0.15) is 10.2 Å². The van der Waals surface area contributed by atoms with Crippen molar-refractivity contribution in [2.45, 2.75) is 51.7 Å². The minimum absolute atomic E-state index is 0.0671. The van der Waals surface area contributed by atoms with Gasteiger partial charge < -0.3 is 20.1 Å². The molecule has 2 aromatic rings. The normalized spacial score (nSPS) is 18.4. The summed E-state index contributed by atoms with van der Waals surface area (Å²) in [4.78, 5) is 12.7. The third-order valence-electron chi connectivity index (χ3n) is 5.79. The summed E-state index contributed by atoms with van der Waals surface area (Å²) in [6, 6.07) is 3.68. The molecule has 1 aliphatic rings. The standard InChI is InChI=1S/C24H34N6O3/c1-15(2)20-9-10-26-28-24(20)33-19-8-7-17(12-19)21(25-4)11-16(3)27-23(31)22-13-18(14-32-6)29-30(22)5/h9-11,13,15,17,19,25H,3,7-8,12,14H2,1-2,4-6H3,(H,27,31)/b21-11-/t17-,19+/m1/s1. The number of aryl methyl sites for hydroxylation is 1. The molecule has 2 aromatic heterocycles. The van der Waals surface area contributed by atoms with Crippen LogP contribution in [0.1, 0.15) is 60.8 Å². The number of amides is 1. The van der Waals surface area contributed by atoms with Gasteiger partial charge in [0.05, 0.1) is 18.5 Å². The second-order valence-electron chi connectivity index (χ2n) is 8.60. The molecule has 0 radical (unpaired) electrons. The van der Waals surface area contributed by atoms with Gasteiger partial charge in [0.15, 0.2) is 0 Å². The van der Waals surface area contributed by atoms with Crippen molar-refractivity contribution in [3.8, 4) is 5.88 Å². The van der Waals surface area contributed by atoms with E-state index in [4.69, 9.17) is 9.47 Å². The van der Waals surface area contributed by atoms with E-state index in [1.807, 2.05) is 19.2 Å². The monoisotopic (exact) mass is 454 g/mol. The maximum absolute atomic E-state index is 12.7. The lowest BCUT2D eigenvalue weighted by Gasteiger charge is -2.18. The highest BCUT2D eigenvalue weighted by atomic mass is 16.5. The van der Waals surface area contributed by atoms with Crippen LogP contribution in [0.15, 0.2) is 42.4 Å². The number of nitrogens with one attached hydrogen (secondary N) is 2. The van der Waals surface area contributed by atoms with Gasteiger partial charge in [-0.15, -0.1) is 5.10 Å². The van der Waals surface area contributed by atoms with Crippen molar-refractivity contribution in [1.29, 1.82) is 0 Å². The van der Waals surface area contributed by atoms with Gasteiger partial charge in [0, 0.05) is 44.1 Å². The van der Waals surface area contributed by atoms with Gasteiger partial charge >= 0.3 is 0 Å². The third kappa shape index (κ3) is 6.19. The van der Waals surface area contributed by atoms with Crippen LogP contribution in [0.3, 0.4) is 0 Å². The lowest BCUT2D eigenvalue weighted by Crippen LogP contribution is -2.25. The Labute approximate surface area is 195 Å². The lowest BCUT2D eigenvalue weighted by atomic mass is 10.0. The van der Waals surface area contributed by atoms with Gasteiger partial charge in [0.1, 0.15) is 11.8 Å². The number of methoxy groups -OCH3 is 1. The Morgan fingerprint density at radius 2 is 2.18 bits per heavy atom. The molecular formula is C24H34N6O3. The van der Waals surface area contributed by atoms with E-state index in [-0.39, 0.29) is 17.9 Å². The van der Waals surface area contributed by atoms with E-state index in [9.17, 15) is 4.79 Å². The van der Waals surface area contributed by atoms with Gasteiger partial charge in [-0.05, 0) is 43.4 Å². The smallest absolute Gasteiger partial charge is 0.273 e. The highest BCUT2D eigenvalue weighted by Crippen LogP contribution is 2.34. The van der Waals surface area contributed by atoms with Crippen molar-refractivity contribution >= 4 is 5.91 Å². The van der Waals surface area contributed by atoms with Crippen molar-refractivity contribution in [1.82, 2.24) is 30.6 Å². The minimum Gasteiger partial charge on any atom is -0.473 e. The van der Waals surface area contributed by atoms with Crippen LogP contribution >= 0.6 is 0 Å². The second-order valence-corrected chi connectivity index (χ2v) is 8.60. The van der Waals surface area contributed by atoms with Crippen LogP contribution in [0.4, 0.5) is 0 Å². The highest BCUT2D eigenvalue weighted by Gasteiger charge is 2.30. The van der Waals surface area contributed by atoms with E-state index in [2.05, 4.69) is 46.4 Å². The van der Waals surface area contributed by atoms with Gasteiger partial charge in [0.25, 0.3) is 5.91 Å². The molecule has 1 saturated carbocycles. The fraction of sp³-hybridized carbons (Fsp3) is 0.500. The van der Waals surface area contributed by atoms with Crippen LogP contribution in [0, 0.1) is 5.92 Å². The van der Waals surface area contributed by atoms with Crippen molar-refractivity contribution in [3.63, 3.8) is 0 Å². The number of ether oxygens (including phenoxy) is 2. The zero-order valence-electron chi connectivity index (χ0n) is 20.1. The van der Waals surface area contributed by atoms with Crippen LogP contribution in [-0.2, 0) is 18.4 Å². The SMILES string of the molecule is C=C(/C=C(\NC)[C@@H]1CC[C@H](Oc2nnccc2C(C)C)C1)NC(=O)c1cc(COC)nn1C. The first kappa shape index (κ1) is 24.4. The maximum Gasteiger partial charge on any atom is 0.273 e. The Bertz CT molecular complexity index is 1010. The van der Waals surface area contributed by atoms with E-state index in [1.54, 1.807) is 26.4 Å². The number of hydrogen-bond acceptors (Lipinski definition) is 7. The van der Waals surface area contributed by atoms with Crippen molar-refractivity contribution in [3.05, 3.63) is 59.3 Å². The molecule has 3 rings (SSSR count). The van der Waals surface area contributed by atoms with Crippen molar-refractivity contribution in [2.75, 3.05) is 14.2 Å². The lowest BCUT2D eigenvalue weighted by molar-refractivity contribution is 0.0958. The summed E-state index contributed by atoms with van der Waals surface area (Å²) in [5.74, 6) is 0.949. The quantitative estimate of drug-likeness (QED) is 0.532. The number of nitrogens with zero attached hydrogens (tertiary/aromatic N) is 4. The number of hydrogen-bond donors (Lipinski definition) is 2. The molecular weight excluding hydrogens is 420 g/mol. The first-order valence-electron chi connectivity index (χ1n) is 11.2. The zero-order chi connectivity index (χ0) is 24.0. The summed E-state index contributed by atoms with van der Waals surface area (Å²) >= 11 is 0. The average Bonchev–Trinajstić information content (AvgIpc) is 3.39. The van der Waals surface area contributed by atoms with Crippen molar-refractivity contribution in [2.24, 2.45) is 13.0 Å². The topological polar surface area (TPSA) is 103 Å². The molecule has 2 atom stereocenters. The number of carbonyl (C=O) groups is 1. The summed E-state index contributed by atoms with van der Waals surface area (Å²) in [6.45, 7) is 8.60. The van der Waals surface area contributed by atoms with Gasteiger partial charge in [-0.25, -0.2) is 0 Å². The Balaban J connectivity index is 1.61. The molecule has 2 heterocycles. The van der Waals surface area contributed by atoms with Gasteiger partial charge in [-0.1, -0.05) is 20.4 Å². The molecule has 0 bridgehead atoms. The third-order valence-corrected chi connectivity index (χ3v) is 5.79. The number of aromatic nitrogens is 4. The molecule has 1 amide bonds. The molecule has 0 spiro atoms. The van der Waals surface area contributed by atoms with E-state index in [0.29, 0.717) is 35.5 Å². The van der Waals surface area contributed by atoms with E-state index in [0.717, 1.165) is 30.5 Å². The molecule has 1 aliphatic carbocycles. The molecule has 2 N–H and O–H groups in total. The summed E-state index contributed by atoms with van der Waals surface area (Å²) in [5, 5.41) is 18.6. The molecule has 33 heavy (non-hydrogen) atoms. The zero-order valence-corrected chi connectivity index (χ0v) is 20.1. The number of carbonyl (C=O) groups excluding carboxylic acids is 1. The highest BCUT2D eigenvalue weighted by molar-refractivity contribution is 5.94. The molecule has 9 heteroatoms. The molecule has 9 nitrogen and oxygen atoms in total. The van der Waals surface area contributed by atoms with E-state index < -0.39 is 0 Å². The molecule has 0 unspecified atom stereocenters. The summed E-state index contributed by atoms with van der Waals surface area (Å²) in [5.41, 5.74) is 3.74. The van der Waals surface area contributed by atoms with Crippen LogP contribution in [0.2, 0.25) is 0 Å². The predicted octanol–water partition coefficient (Wildman–Crippen LogP) is 3.07. The van der Waals surface area contributed by atoms with Gasteiger partial charge in [-0.3, -0.25) is 9.48 Å². The Morgan fingerprint density at radius 3 is 2.88 bits per heavy atom. The van der Waals surface area contributed by atoms with E-state index in [1.165, 1.54) is 4.68 Å². The first-order valence-corrected chi connectivity index (χ1v) is 11.2. The molecule has 178 valence electrons. The molecule has 1 fully saturated rings. The van der Waals surface area contributed by atoms with Crippen LogP contribution in [0.5, 0.6) is 5.88 Å². The molecule has 0 aromatic carbocycles. The van der Waals surface area contributed by atoms with E-state index >= 15 is 0 Å². The number of allylic oxidation sites excluding steroid dienone is 2. The van der Waals surface area contributed by atoms with Gasteiger partial charge in [0.2, 0.25) is 5.88 Å². The summed E-state index contributed by atoms with van der Waals surface area (Å²) in [7, 11) is 5.20. The fourth-order valence-corrected chi connectivity index (χ4v) is 4.13. The second kappa shape index (κ2) is 11.1. The summed E-state index contributed by atoms with van der Waals surface area (Å²) < 4.78 is 12.8. The largest absolute Gasteiger partial charge is 0.473 e. The number of rotatable bonds is 10. The summed E-state index contributed by atoms with van der Waals surface area (Å²) in [6.07, 6.45) is 6.40. The minimum atomic E-state index is -0.263. The Morgan fingerprint density at radius 1 is 1.39 bits per heavy atom. The molecule has 0 aliphatic heterocycles. The first-order chi connectivity index (χ1) is 15.8. The Kier molecular flexibility index (Phi) is 8.21. The predicted molar refractivity (Wildman–Crippen MR) is 126 cm³/mol. The van der Waals surface area contributed by atoms with Crippen LogP contribution in [-0.4, -0.2) is 46.1 Å². The molecule has 0 saturated heterocycles. The average molecular weight is 455 g/mol. The van der Waals surface area contributed by atoms with Crippen LogP contribution in [0.25, 0.3) is 0 Å². The Hall–Kier alpha value is -3.20. The maximum atomic E-state index is 12.7. The van der Waals surface area contributed by atoms with Crippen LogP contribution < -0.4 is 15.4 Å². The fourth-order valence-electron chi connectivity index (χ4n) is 4.13. The van der Waals surface area contributed by atoms with Crippen molar-refractivity contribution < 1.29 is 14.3 Å².